The van der Waals surface area contributed by atoms with Gasteiger partial charge in [-0.15, -0.1) is 0 Å². The highest BCUT2D eigenvalue weighted by Gasteiger charge is 2.25. The van der Waals surface area contributed by atoms with Crippen LogP contribution in [0.2, 0.25) is 0 Å². The van der Waals surface area contributed by atoms with Gasteiger partial charge in [0.25, 0.3) is 0 Å². The average Bonchev–Trinajstić information content (AvgIpc) is 2.58. The topological polar surface area (TPSA) is 93.0 Å². The second kappa shape index (κ2) is 7.20. The van der Waals surface area contributed by atoms with Crippen LogP contribution in [0.3, 0.4) is 0 Å². The monoisotopic (exact) mass is 331 g/mol. The van der Waals surface area contributed by atoms with Gasteiger partial charge in [-0.2, -0.15) is 0 Å². The first-order valence-corrected chi connectivity index (χ1v) is 7.92. The molecule has 2 N–H and O–H groups in total. The second-order valence-corrected chi connectivity index (χ2v) is 5.79. The van der Waals surface area contributed by atoms with Crippen molar-refractivity contribution in [2.24, 2.45) is 0 Å². The van der Waals surface area contributed by atoms with E-state index in [1.54, 1.807) is 0 Å². The smallest absolute Gasteiger partial charge is 0.353 e. The van der Waals surface area contributed by atoms with Crippen molar-refractivity contribution in [3.05, 3.63) is 46.5 Å². The number of nitro groups is 1. The SMILES string of the molecule is O=[N+]([O-])c1c(Nc2ccc(F)cc2)ncnc1NC1CCCCC1. The quantitative estimate of drug-likeness (QED) is 0.635. The molecule has 126 valence electrons. The lowest BCUT2D eigenvalue weighted by Gasteiger charge is -2.23. The summed E-state index contributed by atoms with van der Waals surface area (Å²) < 4.78 is 13.0. The summed E-state index contributed by atoms with van der Waals surface area (Å²) in [5.74, 6) is -0.0798. The number of hydrogen-bond donors (Lipinski definition) is 2. The number of nitrogens with zero attached hydrogens (tertiary/aromatic N) is 3. The van der Waals surface area contributed by atoms with Crippen LogP contribution in [0.4, 0.5) is 27.4 Å². The number of nitrogens with one attached hydrogen (secondary N) is 2. The van der Waals surface area contributed by atoms with Crippen molar-refractivity contribution in [2.45, 2.75) is 38.1 Å². The van der Waals surface area contributed by atoms with Gasteiger partial charge in [0, 0.05) is 11.7 Å². The molecule has 1 aromatic carbocycles. The Hall–Kier alpha value is -2.77. The Morgan fingerprint density at radius 3 is 2.42 bits per heavy atom. The van der Waals surface area contributed by atoms with Gasteiger partial charge in [0.2, 0.25) is 11.6 Å². The molecule has 1 aromatic heterocycles. The molecule has 0 spiro atoms. The second-order valence-electron chi connectivity index (χ2n) is 5.79. The van der Waals surface area contributed by atoms with E-state index in [1.165, 1.54) is 37.0 Å². The average molecular weight is 331 g/mol. The van der Waals surface area contributed by atoms with Crippen LogP contribution in [0.1, 0.15) is 32.1 Å². The van der Waals surface area contributed by atoms with Crippen LogP contribution < -0.4 is 10.6 Å². The molecule has 1 aliphatic carbocycles. The van der Waals surface area contributed by atoms with Gasteiger partial charge in [0.05, 0.1) is 4.92 Å². The Morgan fingerprint density at radius 1 is 1.08 bits per heavy atom. The van der Waals surface area contributed by atoms with Crippen molar-refractivity contribution in [3.63, 3.8) is 0 Å². The first-order valence-electron chi connectivity index (χ1n) is 7.92. The summed E-state index contributed by atoms with van der Waals surface area (Å²) in [6.45, 7) is 0. The Kier molecular flexibility index (Phi) is 4.83. The Balaban J connectivity index is 1.86. The van der Waals surface area contributed by atoms with Crippen molar-refractivity contribution in [3.8, 4) is 0 Å². The summed E-state index contributed by atoms with van der Waals surface area (Å²) in [4.78, 5) is 19.0. The number of halogens is 1. The molecular formula is C16H18FN5O2. The van der Waals surface area contributed by atoms with Gasteiger partial charge < -0.3 is 10.6 Å². The van der Waals surface area contributed by atoms with E-state index in [9.17, 15) is 14.5 Å². The fraction of sp³-hybridized carbons (Fsp3) is 0.375. The lowest BCUT2D eigenvalue weighted by atomic mass is 9.95. The maximum absolute atomic E-state index is 13.0. The summed E-state index contributed by atoms with van der Waals surface area (Å²) >= 11 is 0. The van der Waals surface area contributed by atoms with Crippen LogP contribution in [0.25, 0.3) is 0 Å². The van der Waals surface area contributed by atoms with E-state index in [-0.39, 0.29) is 29.2 Å². The van der Waals surface area contributed by atoms with Crippen LogP contribution in [0.5, 0.6) is 0 Å². The largest absolute Gasteiger partial charge is 0.361 e. The fourth-order valence-electron chi connectivity index (χ4n) is 2.86. The van der Waals surface area contributed by atoms with Gasteiger partial charge in [-0.3, -0.25) is 10.1 Å². The summed E-state index contributed by atoms with van der Waals surface area (Å²) in [6, 6.07) is 5.73. The normalized spacial score (nSPS) is 15.0. The minimum Gasteiger partial charge on any atom is -0.361 e. The van der Waals surface area contributed by atoms with Crippen molar-refractivity contribution in [1.82, 2.24) is 9.97 Å². The standard InChI is InChI=1S/C16H18FN5O2/c17-11-6-8-13(9-7-11)21-16-14(22(23)24)15(18-10-19-16)20-12-4-2-1-3-5-12/h6-10,12H,1-5H2,(H2,18,19,20,21). The minimum absolute atomic E-state index is 0.0833. The zero-order chi connectivity index (χ0) is 16.9. The van der Waals surface area contributed by atoms with Crippen molar-refractivity contribution in [1.29, 1.82) is 0 Å². The maximum atomic E-state index is 13.0. The highest BCUT2D eigenvalue weighted by atomic mass is 19.1. The number of anilines is 3. The lowest BCUT2D eigenvalue weighted by Crippen LogP contribution is -2.23. The third kappa shape index (κ3) is 3.76. The Labute approximate surface area is 138 Å². The molecule has 1 fully saturated rings. The number of rotatable bonds is 5. The number of hydrogen-bond acceptors (Lipinski definition) is 6. The molecule has 24 heavy (non-hydrogen) atoms. The van der Waals surface area contributed by atoms with Gasteiger partial charge in [0.15, 0.2) is 0 Å². The van der Waals surface area contributed by atoms with Gasteiger partial charge in [-0.05, 0) is 37.1 Å². The molecule has 8 heteroatoms. The summed E-state index contributed by atoms with van der Waals surface area (Å²) in [5, 5.41) is 17.5. The fourth-order valence-corrected chi connectivity index (χ4v) is 2.86. The minimum atomic E-state index is -0.503. The Morgan fingerprint density at radius 2 is 1.75 bits per heavy atom. The third-order valence-electron chi connectivity index (χ3n) is 4.06. The van der Waals surface area contributed by atoms with E-state index in [0.29, 0.717) is 5.69 Å². The van der Waals surface area contributed by atoms with Crippen molar-refractivity contribution < 1.29 is 9.31 Å². The van der Waals surface area contributed by atoms with Gasteiger partial charge in [0.1, 0.15) is 12.1 Å². The van der Waals surface area contributed by atoms with Crippen LogP contribution in [0, 0.1) is 15.9 Å². The predicted molar refractivity (Wildman–Crippen MR) is 88.9 cm³/mol. The van der Waals surface area contributed by atoms with Gasteiger partial charge in [-0.1, -0.05) is 19.3 Å². The molecule has 0 amide bonds. The van der Waals surface area contributed by atoms with Crippen LogP contribution >= 0.6 is 0 Å². The zero-order valence-corrected chi connectivity index (χ0v) is 13.0. The maximum Gasteiger partial charge on any atom is 0.353 e. The predicted octanol–water partition coefficient (Wildman–Crippen LogP) is 4.01. The molecule has 0 unspecified atom stereocenters. The molecule has 1 aliphatic rings. The summed E-state index contributed by atoms with van der Waals surface area (Å²) in [7, 11) is 0. The van der Waals surface area contributed by atoms with E-state index >= 15 is 0 Å². The molecule has 7 nitrogen and oxygen atoms in total. The van der Waals surface area contributed by atoms with Crippen LogP contribution in [-0.2, 0) is 0 Å². The highest BCUT2D eigenvalue weighted by molar-refractivity contribution is 5.73. The first kappa shape index (κ1) is 16.1. The number of benzene rings is 1. The van der Waals surface area contributed by atoms with Gasteiger partial charge in [-0.25, -0.2) is 14.4 Å². The molecule has 1 heterocycles. The molecule has 2 aromatic rings. The molecule has 0 radical (unpaired) electrons. The molecule has 0 saturated heterocycles. The third-order valence-corrected chi connectivity index (χ3v) is 4.06. The van der Waals surface area contributed by atoms with Crippen molar-refractivity contribution >= 4 is 23.0 Å². The van der Waals surface area contributed by atoms with Gasteiger partial charge >= 0.3 is 5.69 Å². The molecule has 3 rings (SSSR count). The first-order chi connectivity index (χ1) is 11.6. The molecular weight excluding hydrogens is 313 g/mol. The summed E-state index contributed by atoms with van der Waals surface area (Å²) in [6.07, 6.45) is 6.64. The molecule has 0 aliphatic heterocycles. The molecule has 0 bridgehead atoms. The Bertz CT molecular complexity index is 717. The van der Waals surface area contributed by atoms with Crippen LogP contribution in [-0.4, -0.2) is 20.9 Å². The zero-order valence-electron chi connectivity index (χ0n) is 13.0. The number of aromatic nitrogens is 2. The van der Waals surface area contributed by atoms with E-state index in [1.807, 2.05) is 0 Å². The van der Waals surface area contributed by atoms with Crippen LogP contribution in [0.15, 0.2) is 30.6 Å². The highest BCUT2D eigenvalue weighted by Crippen LogP contribution is 2.33. The van der Waals surface area contributed by atoms with E-state index in [2.05, 4.69) is 20.6 Å². The molecule has 1 saturated carbocycles. The van der Waals surface area contributed by atoms with E-state index < -0.39 is 4.92 Å². The summed E-state index contributed by atoms with van der Waals surface area (Å²) in [5.41, 5.74) is 0.314. The van der Waals surface area contributed by atoms with Crippen molar-refractivity contribution in [2.75, 3.05) is 10.6 Å². The van der Waals surface area contributed by atoms with E-state index in [0.717, 1.165) is 25.7 Å². The lowest BCUT2D eigenvalue weighted by molar-refractivity contribution is -0.383. The molecule has 0 atom stereocenters. The van der Waals surface area contributed by atoms with E-state index in [4.69, 9.17) is 0 Å².